The minimum absolute atomic E-state index is 0. The molecule has 3 heteroatoms. The Labute approximate surface area is 71.8 Å². The van der Waals surface area contributed by atoms with Crippen molar-refractivity contribution >= 4 is 12.4 Å². The molecule has 1 unspecified atom stereocenters. The van der Waals surface area contributed by atoms with Crippen LogP contribution in [-0.2, 0) is 13.0 Å². The third-order valence-corrected chi connectivity index (χ3v) is 1.24. The van der Waals surface area contributed by atoms with Crippen LogP contribution in [0.4, 0.5) is 0 Å². The number of rotatable bonds is 0. The number of halogens is 1. The third-order valence-electron chi connectivity index (χ3n) is 1.24. The van der Waals surface area contributed by atoms with Crippen LogP contribution in [0.15, 0.2) is 18.5 Å². The molecule has 0 saturated carbocycles. The second-order valence-electron chi connectivity index (χ2n) is 1.83. The molecule has 2 nitrogen and oxygen atoms in total. The molecule has 0 spiro atoms. The van der Waals surface area contributed by atoms with Gasteiger partial charge in [-0.3, -0.25) is 4.98 Å². The van der Waals surface area contributed by atoms with Crippen LogP contribution in [0.5, 0.6) is 0 Å². The molecule has 10 heavy (non-hydrogen) atoms. The van der Waals surface area contributed by atoms with Crippen LogP contribution in [0, 0.1) is 0 Å². The smallest absolute Gasteiger partial charge is 0.123 e. The molecule has 1 aliphatic rings. The number of nitrogens with zero attached hydrogens (tertiary/aromatic N) is 1. The number of pyridine rings is 1. The Morgan fingerprint density at radius 1 is 1.70 bits per heavy atom. The fourth-order valence-corrected chi connectivity index (χ4v) is 0.783. The third kappa shape index (κ3) is 1.13. The second-order valence-corrected chi connectivity index (χ2v) is 1.83. The summed E-state index contributed by atoms with van der Waals surface area (Å²) in [6.45, 7) is -2.84. The predicted octanol–water partition coefficient (Wildman–Crippen LogP) is 1.11. The number of aromatic nitrogens is 1. The molecule has 1 aromatic rings. The molecule has 1 atom stereocenters. The van der Waals surface area contributed by atoms with Gasteiger partial charge in [0.25, 0.3) is 0 Å². The van der Waals surface area contributed by atoms with Gasteiger partial charge in [-0.2, -0.15) is 0 Å². The summed E-state index contributed by atoms with van der Waals surface area (Å²) in [5.41, 5.74) is 0.847. The summed E-state index contributed by atoms with van der Waals surface area (Å²) in [6.07, 6.45) is 2.92. The molecule has 0 aromatic carbocycles. The van der Waals surface area contributed by atoms with Crippen LogP contribution < -0.4 is 5.31 Å². The predicted molar refractivity (Wildman–Crippen MR) is 42.0 cm³/mol. The molecule has 0 aliphatic carbocycles. The first-order valence-corrected chi connectivity index (χ1v) is 2.70. The highest BCUT2D eigenvalue weighted by molar-refractivity contribution is 5.85. The van der Waals surface area contributed by atoms with E-state index in [4.69, 9.17) is 5.52 Å². The summed E-state index contributed by atoms with van der Waals surface area (Å²) in [6, 6.07) is 1.52. The van der Waals surface area contributed by atoms with Gasteiger partial charge in [0.15, 0.2) is 0 Å². The highest BCUT2D eigenvalue weighted by Crippen LogP contribution is 2.11. The monoisotopic (exact) mass is 160 g/mol. The average Bonchev–Trinajstić information content (AvgIpc) is 2.30. The Morgan fingerprint density at radius 3 is 3.40 bits per heavy atom. The van der Waals surface area contributed by atoms with Crippen molar-refractivity contribution in [1.82, 2.24) is 10.3 Å². The van der Waals surface area contributed by atoms with Gasteiger partial charge in [-0.15, -0.1) is 12.4 Å². The minimum atomic E-state index is -1.87. The van der Waals surface area contributed by atoms with Crippen molar-refractivity contribution in [3.63, 3.8) is 0 Å². The van der Waals surface area contributed by atoms with Crippen LogP contribution in [0.3, 0.4) is 0 Å². The molecule has 0 bridgehead atoms. The molecule has 1 aromatic heterocycles. The van der Waals surface area contributed by atoms with Gasteiger partial charge < -0.3 is 5.31 Å². The van der Waals surface area contributed by atoms with Gasteiger partial charge in [0.05, 0.1) is 0 Å². The van der Waals surface area contributed by atoms with Crippen molar-refractivity contribution in [3.05, 3.63) is 29.6 Å². The maximum Gasteiger partial charge on any atom is 0.123 e. The van der Waals surface area contributed by atoms with Crippen LogP contribution >= 0.6 is 12.4 Å². The number of hydrogen-bond donors (Lipinski definition) is 1. The fourth-order valence-electron chi connectivity index (χ4n) is 0.783. The standard InChI is InChI=1S/C7H8N2.ClH/c1-2-8-4-7-5-9-3-6(1)7;/h1-2,4,9H,3,5H2;1H/i3D2,5D;/hD. The van der Waals surface area contributed by atoms with Gasteiger partial charge in [-0.1, -0.05) is 0 Å². The SMILES string of the molecule is Cl.[2H]C1c2cnccc2C([2H])([2H])N1[2H]. The van der Waals surface area contributed by atoms with E-state index in [0.29, 0.717) is 16.4 Å². The normalized spacial score (nSPS) is 34.2. The lowest BCUT2D eigenvalue weighted by Crippen LogP contribution is -1.99. The van der Waals surface area contributed by atoms with E-state index in [0.717, 1.165) is 0 Å². The molecule has 1 aliphatic heterocycles. The average molecular weight is 161 g/mol. The first-order valence-electron chi connectivity index (χ1n) is 4.72. The van der Waals surface area contributed by atoms with E-state index in [9.17, 15) is 0 Å². The summed E-state index contributed by atoms with van der Waals surface area (Å²) in [7, 11) is 0. The molecule has 54 valence electrons. The van der Waals surface area contributed by atoms with Crippen LogP contribution in [-0.4, -0.2) is 4.98 Å². The summed E-state index contributed by atoms with van der Waals surface area (Å²) >= 11 is 0. The summed E-state index contributed by atoms with van der Waals surface area (Å²) < 4.78 is 30.0. The van der Waals surface area contributed by atoms with Crippen molar-refractivity contribution < 1.29 is 5.52 Å². The van der Waals surface area contributed by atoms with Gasteiger partial charge in [0, 0.05) is 29.5 Å². The quantitative estimate of drug-likeness (QED) is 0.615. The highest BCUT2D eigenvalue weighted by atomic mass is 35.5. The van der Waals surface area contributed by atoms with Crippen LogP contribution in [0.25, 0.3) is 0 Å². The van der Waals surface area contributed by atoms with E-state index in [-0.39, 0.29) is 12.4 Å². The number of nitrogens with one attached hydrogen (secondary N) is 1. The van der Waals surface area contributed by atoms with Crippen molar-refractivity contribution in [2.45, 2.75) is 13.0 Å². The van der Waals surface area contributed by atoms with Gasteiger partial charge in [-0.05, 0) is 17.2 Å². The van der Waals surface area contributed by atoms with E-state index in [2.05, 4.69) is 4.98 Å². The summed E-state index contributed by atoms with van der Waals surface area (Å²) in [5.74, 6) is 0. The Bertz CT molecular complexity index is 346. The van der Waals surface area contributed by atoms with Crippen molar-refractivity contribution in [3.8, 4) is 0 Å². The Kier molecular flexibility index (Phi) is 1.11. The van der Waals surface area contributed by atoms with E-state index >= 15 is 0 Å². The summed E-state index contributed by atoms with van der Waals surface area (Å²) in [4.78, 5) is 3.81. The molecule has 0 saturated heterocycles. The Balaban J connectivity index is 0.000000980. The highest BCUT2D eigenvalue weighted by Gasteiger charge is 2.06. The van der Waals surface area contributed by atoms with Gasteiger partial charge in [0.2, 0.25) is 0 Å². The van der Waals surface area contributed by atoms with Crippen molar-refractivity contribution in [1.29, 1.82) is 0 Å². The minimum Gasteiger partial charge on any atom is -0.309 e. The van der Waals surface area contributed by atoms with Crippen LogP contribution in [0.1, 0.15) is 15.2 Å². The van der Waals surface area contributed by atoms with E-state index < -0.39 is 13.0 Å². The topological polar surface area (TPSA) is 24.9 Å². The number of fused-ring (bicyclic) bond motifs is 1. The maximum atomic E-state index is 7.56. The van der Waals surface area contributed by atoms with Crippen LogP contribution in [0.2, 0.25) is 1.41 Å². The van der Waals surface area contributed by atoms with E-state index in [1.807, 2.05) is 0 Å². The first-order chi connectivity index (χ1) is 6.05. The van der Waals surface area contributed by atoms with Gasteiger partial charge >= 0.3 is 0 Å². The van der Waals surface area contributed by atoms with E-state index in [1.54, 1.807) is 0 Å². The Morgan fingerprint density at radius 2 is 2.60 bits per heavy atom. The zero-order valence-corrected chi connectivity index (χ0v) is 5.93. The molecule has 0 fully saturated rings. The Hall–Kier alpha value is -0.600. The molecule has 0 amide bonds. The zero-order chi connectivity index (χ0) is 9.64. The fraction of sp³-hybridized carbons (Fsp3) is 0.286. The van der Waals surface area contributed by atoms with Gasteiger partial charge in [0.1, 0.15) is 1.41 Å². The molecule has 0 radical (unpaired) electrons. The number of hydrogen-bond acceptors (Lipinski definition) is 2. The largest absolute Gasteiger partial charge is 0.309 e. The summed E-state index contributed by atoms with van der Waals surface area (Å²) in [5, 5.41) is 0.638. The zero-order valence-electron chi connectivity index (χ0n) is 9.11. The molecule has 2 rings (SSSR count). The molecule has 2 heterocycles. The van der Waals surface area contributed by atoms with E-state index in [1.165, 1.54) is 18.5 Å². The van der Waals surface area contributed by atoms with Crippen molar-refractivity contribution in [2.24, 2.45) is 0 Å². The lowest BCUT2D eigenvalue weighted by atomic mass is 10.2. The van der Waals surface area contributed by atoms with Crippen molar-refractivity contribution in [2.75, 3.05) is 0 Å². The second kappa shape index (κ2) is 2.99. The molecular weight excluding hydrogens is 148 g/mol. The lowest BCUT2D eigenvalue weighted by molar-refractivity contribution is 0.764. The first kappa shape index (κ1) is 3.69. The molecule has 1 N–H and O–H groups in total. The lowest BCUT2D eigenvalue weighted by Gasteiger charge is -1.90. The maximum absolute atomic E-state index is 7.56. The van der Waals surface area contributed by atoms with Gasteiger partial charge in [-0.25, -0.2) is 0 Å². The molecular formula is C7H9ClN2.